The lowest BCUT2D eigenvalue weighted by molar-refractivity contribution is 0.231. The SMILES string of the molecule is CCCCCCC1(N)CCCCC1N. The summed E-state index contributed by atoms with van der Waals surface area (Å²) in [5, 5.41) is 0. The van der Waals surface area contributed by atoms with Crippen molar-refractivity contribution < 1.29 is 0 Å². The largest absolute Gasteiger partial charge is 0.326 e. The summed E-state index contributed by atoms with van der Waals surface area (Å²) < 4.78 is 0. The molecule has 2 nitrogen and oxygen atoms in total. The van der Waals surface area contributed by atoms with Crippen LogP contribution in [0.4, 0.5) is 0 Å². The van der Waals surface area contributed by atoms with Crippen LogP contribution in [0.2, 0.25) is 0 Å². The minimum absolute atomic E-state index is 0.0357. The van der Waals surface area contributed by atoms with Crippen LogP contribution in [0.1, 0.15) is 64.7 Å². The van der Waals surface area contributed by atoms with E-state index in [1.54, 1.807) is 0 Å². The first kappa shape index (κ1) is 12.0. The number of nitrogens with two attached hydrogens (primary N) is 2. The van der Waals surface area contributed by atoms with Gasteiger partial charge in [0.05, 0.1) is 0 Å². The Balaban J connectivity index is 2.25. The first-order valence-corrected chi connectivity index (χ1v) is 6.23. The lowest BCUT2D eigenvalue weighted by Gasteiger charge is -2.39. The summed E-state index contributed by atoms with van der Waals surface area (Å²) in [4.78, 5) is 0. The summed E-state index contributed by atoms with van der Waals surface area (Å²) >= 11 is 0. The molecule has 0 saturated heterocycles. The highest BCUT2D eigenvalue weighted by Gasteiger charge is 2.33. The van der Waals surface area contributed by atoms with E-state index < -0.39 is 0 Å². The second-order valence-electron chi connectivity index (χ2n) is 4.90. The molecule has 2 heteroatoms. The maximum absolute atomic E-state index is 6.36. The Morgan fingerprint density at radius 1 is 1.21 bits per heavy atom. The van der Waals surface area contributed by atoms with Crippen LogP contribution in [0.3, 0.4) is 0 Å². The molecule has 0 aromatic rings. The Morgan fingerprint density at radius 3 is 2.64 bits per heavy atom. The second-order valence-corrected chi connectivity index (χ2v) is 4.90. The fraction of sp³-hybridized carbons (Fsp3) is 1.00. The van der Waals surface area contributed by atoms with Crippen LogP contribution in [0, 0.1) is 0 Å². The summed E-state index contributed by atoms with van der Waals surface area (Å²) in [7, 11) is 0. The summed E-state index contributed by atoms with van der Waals surface area (Å²) in [6.45, 7) is 2.24. The lowest BCUT2D eigenvalue weighted by atomic mass is 9.75. The molecular weight excluding hydrogens is 172 g/mol. The van der Waals surface area contributed by atoms with Gasteiger partial charge in [0, 0.05) is 11.6 Å². The molecular formula is C12H26N2. The van der Waals surface area contributed by atoms with E-state index in [2.05, 4.69) is 6.92 Å². The van der Waals surface area contributed by atoms with Crippen LogP contribution in [0.5, 0.6) is 0 Å². The normalized spacial score (nSPS) is 33.2. The molecule has 1 aliphatic carbocycles. The van der Waals surface area contributed by atoms with E-state index in [0.29, 0.717) is 0 Å². The summed E-state index contributed by atoms with van der Waals surface area (Å²) in [5.74, 6) is 0. The molecule has 0 amide bonds. The predicted octanol–water partition coefficient (Wildman–Crippen LogP) is 2.56. The molecule has 84 valence electrons. The van der Waals surface area contributed by atoms with Crippen molar-refractivity contribution in [3.8, 4) is 0 Å². The Hall–Kier alpha value is -0.0800. The molecule has 1 rings (SSSR count). The van der Waals surface area contributed by atoms with Gasteiger partial charge in [0.25, 0.3) is 0 Å². The first-order chi connectivity index (χ1) is 6.69. The minimum atomic E-state index is -0.0357. The third-order valence-corrected chi connectivity index (χ3v) is 3.64. The quantitative estimate of drug-likeness (QED) is 0.667. The summed E-state index contributed by atoms with van der Waals surface area (Å²) in [6.07, 6.45) is 11.2. The molecule has 1 saturated carbocycles. The van der Waals surface area contributed by atoms with Crippen LogP contribution in [-0.2, 0) is 0 Å². The van der Waals surface area contributed by atoms with Crippen LogP contribution >= 0.6 is 0 Å². The highest BCUT2D eigenvalue weighted by atomic mass is 14.9. The van der Waals surface area contributed by atoms with E-state index in [1.165, 1.54) is 38.5 Å². The summed E-state index contributed by atoms with van der Waals surface area (Å²) in [5.41, 5.74) is 12.4. The molecule has 0 bridgehead atoms. The molecule has 0 heterocycles. The van der Waals surface area contributed by atoms with Gasteiger partial charge in [-0.3, -0.25) is 0 Å². The summed E-state index contributed by atoms with van der Waals surface area (Å²) in [6, 6.07) is 0.248. The zero-order valence-electron chi connectivity index (χ0n) is 9.60. The predicted molar refractivity (Wildman–Crippen MR) is 62.1 cm³/mol. The van der Waals surface area contributed by atoms with Crippen molar-refractivity contribution in [2.45, 2.75) is 76.3 Å². The van der Waals surface area contributed by atoms with Crippen LogP contribution in [-0.4, -0.2) is 11.6 Å². The van der Waals surface area contributed by atoms with Gasteiger partial charge in [-0.2, -0.15) is 0 Å². The molecule has 1 fully saturated rings. The third kappa shape index (κ3) is 3.25. The highest BCUT2D eigenvalue weighted by molar-refractivity contribution is 4.96. The molecule has 4 N–H and O–H groups in total. The Morgan fingerprint density at radius 2 is 2.00 bits per heavy atom. The average molecular weight is 198 g/mol. The number of rotatable bonds is 5. The van der Waals surface area contributed by atoms with Gasteiger partial charge >= 0.3 is 0 Å². The van der Waals surface area contributed by atoms with Gasteiger partial charge in [0.15, 0.2) is 0 Å². The average Bonchev–Trinajstić information content (AvgIpc) is 2.18. The number of hydrogen-bond donors (Lipinski definition) is 2. The third-order valence-electron chi connectivity index (χ3n) is 3.64. The van der Waals surface area contributed by atoms with E-state index in [1.807, 2.05) is 0 Å². The van der Waals surface area contributed by atoms with E-state index in [9.17, 15) is 0 Å². The van der Waals surface area contributed by atoms with Gasteiger partial charge in [-0.25, -0.2) is 0 Å². The standard InChI is InChI=1S/C12H26N2/c1-2-3-4-6-9-12(14)10-7-5-8-11(12)13/h11H,2-10,13-14H2,1H3. The van der Waals surface area contributed by atoms with Gasteiger partial charge in [0.1, 0.15) is 0 Å². The van der Waals surface area contributed by atoms with E-state index in [0.717, 1.165) is 19.3 Å². The number of unbranched alkanes of at least 4 members (excludes halogenated alkanes) is 3. The van der Waals surface area contributed by atoms with Gasteiger partial charge in [-0.05, 0) is 19.3 Å². The number of hydrogen-bond acceptors (Lipinski definition) is 2. The van der Waals surface area contributed by atoms with Crippen molar-refractivity contribution in [3.63, 3.8) is 0 Å². The molecule has 2 unspecified atom stereocenters. The smallest absolute Gasteiger partial charge is 0.0307 e. The van der Waals surface area contributed by atoms with Crippen LogP contribution in [0.15, 0.2) is 0 Å². The minimum Gasteiger partial charge on any atom is -0.326 e. The topological polar surface area (TPSA) is 52.0 Å². The Kier molecular flexibility index (Phi) is 4.90. The maximum Gasteiger partial charge on any atom is 0.0307 e. The van der Waals surface area contributed by atoms with Crippen LogP contribution in [0.25, 0.3) is 0 Å². The van der Waals surface area contributed by atoms with Crippen LogP contribution < -0.4 is 11.5 Å². The first-order valence-electron chi connectivity index (χ1n) is 6.23. The van der Waals surface area contributed by atoms with Crippen molar-refractivity contribution in [1.82, 2.24) is 0 Å². The van der Waals surface area contributed by atoms with Crippen molar-refractivity contribution in [3.05, 3.63) is 0 Å². The molecule has 14 heavy (non-hydrogen) atoms. The van der Waals surface area contributed by atoms with Crippen molar-refractivity contribution in [1.29, 1.82) is 0 Å². The maximum atomic E-state index is 6.36. The second kappa shape index (κ2) is 5.72. The lowest BCUT2D eigenvalue weighted by Crippen LogP contribution is -2.56. The zero-order chi connectivity index (χ0) is 10.4. The molecule has 0 aromatic heterocycles. The zero-order valence-corrected chi connectivity index (χ0v) is 9.60. The van der Waals surface area contributed by atoms with Gasteiger partial charge in [0.2, 0.25) is 0 Å². The van der Waals surface area contributed by atoms with E-state index >= 15 is 0 Å². The molecule has 2 atom stereocenters. The van der Waals surface area contributed by atoms with Gasteiger partial charge in [-0.15, -0.1) is 0 Å². The Bertz CT molecular complexity index is 158. The molecule has 0 aliphatic heterocycles. The monoisotopic (exact) mass is 198 g/mol. The Labute approximate surface area is 88.4 Å². The fourth-order valence-corrected chi connectivity index (χ4v) is 2.48. The van der Waals surface area contributed by atoms with Crippen molar-refractivity contribution in [2.24, 2.45) is 11.5 Å². The fourth-order valence-electron chi connectivity index (χ4n) is 2.48. The van der Waals surface area contributed by atoms with Gasteiger partial charge in [-0.1, -0.05) is 45.4 Å². The van der Waals surface area contributed by atoms with E-state index in [4.69, 9.17) is 11.5 Å². The van der Waals surface area contributed by atoms with Crippen molar-refractivity contribution >= 4 is 0 Å². The highest BCUT2D eigenvalue weighted by Crippen LogP contribution is 2.29. The van der Waals surface area contributed by atoms with Gasteiger partial charge < -0.3 is 11.5 Å². The molecule has 0 radical (unpaired) electrons. The molecule has 1 aliphatic rings. The van der Waals surface area contributed by atoms with E-state index in [-0.39, 0.29) is 11.6 Å². The van der Waals surface area contributed by atoms with Crippen molar-refractivity contribution in [2.75, 3.05) is 0 Å². The molecule has 0 aromatic carbocycles. The molecule has 0 spiro atoms.